The molecule has 35 heavy (non-hydrogen) atoms. The molecule has 0 spiro atoms. The van der Waals surface area contributed by atoms with Crippen molar-refractivity contribution in [3.05, 3.63) is 78.4 Å². The number of nitrogens with zero attached hydrogens (tertiary/aromatic N) is 2. The third-order valence-electron chi connectivity index (χ3n) is 7.68. The smallest absolute Gasteiger partial charge is 0.410 e. The molecular weight excluding hydrogens is 440 g/mol. The Labute approximate surface area is 208 Å². The molecule has 4 rings (SSSR count). The van der Waals surface area contributed by atoms with Crippen LogP contribution in [0.1, 0.15) is 43.7 Å². The standard InChI is InChI=1S/C29H36N2O4/c1-4-16-31-17-15-29(24-11-8-12-27(18-24)35-22(2)32)19-26(14-13-25(29)20-31)30(3)28(33)34-21-23-9-6-5-7-10-23/h4-12,18,25-26H,1,13-17,19-21H2,2-3H3/t25-,26+,29+/m1/s1. The molecule has 0 unspecified atom stereocenters. The van der Waals surface area contributed by atoms with Crippen LogP contribution in [0.5, 0.6) is 5.75 Å². The van der Waals surface area contributed by atoms with Crippen molar-refractivity contribution in [1.29, 1.82) is 0 Å². The van der Waals surface area contributed by atoms with E-state index in [4.69, 9.17) is 9.47 Å². The van der Waals surface area contributed by atoms with Gasteiger partial charge in [0, 0.05) is 38.5 Å². The topological polar surface area (TPSA) is 59.1 Å². The lowest BCUT2D eigenvalue weighted by atomic mass is 9.58. The van der Waals surface area contributed by atoms with Crippen LogP contribution >= 0.6 is 0 Å². The van der Waals surface area contributed by atoms with Gasteiger partial charge in [0.2, 0.25) is 0 Å². The first kappa shape index (κ1) is 25.0. The zero-order chi connectivity index (χ0) is 24.8. The highest BCUT2D eigenvalue weighted by Crippen LogP contribution is 2.50. The molecular formula is C29H36N2O4. The Morgan fingerprint density at radius 2 is 1.97 bits per heavy atom. The monoisotopic (exact) mass is 476 g/mol. The van der Waals surface area contributed by atoms with Gasteiger partial charge in [-0.3, -0.25) is 9.69 Å². The molecule has 0 bridgehead atoms. The zero-order valence-corrected chi connectivity index (χ0v) is 20.8. The Morgan fingerprint density at radius 3 is 2.71 bits per heavy atom. The van der Waals surface area contributed by atoms with Crippen LogP contribution in [0.4, 0.5) is 4.79 Å². The molecule has 2 aromatic rings. The van der Waals surface area contributed by atoms with Crippen molar-refractivity contribution in [3.63, 3.8) is 0 Å². The predicted molar refractivity (Wildman–Crippen MR) is 136 cm³/mol. The molecule has 6 heteroatoms. The van der Waals surface area contributed by atoms with E-state index in [0.717, 1.165) is 50.9 Å². The molecule has 1 saturated heterocycles. The van der Waals surface area contributed by atoms with Crippen LogP contribution in [0, 0.1) is 5.92 Å². The summed E-state index contributed by atoms with van der Waals surface area (Å²) in [6, 6.07) is 17.8. The summed E-state index contributed by atoms with van der Waals surface area (Å²) in [7, 11) is 1.86. The summed E-state index contributed by atoms with van der Waals surface area (Å²) in [5.74, 6) is 0.711. The predicted octanol–water partition coefficient (Wildman–Crippen LogP) is 5.18. The van der Waals surface area contributed by atoms with Gasteiger partial charge in [-0.25, -0.2) is 4.79 Å². The first-order valence-electron chi connectivity index (χ1n) is 12.5. The molecule has 1 amide bonds. The Balaban J connectivity index is 1.54. The summed E-state index contributed by atoms with van der Waals surface area (Å²) < 4.78 is 11.1. The molecule has 0 aromatic heterocycles. The van der Waals surface area contributed by atoms with Gasteiger partial charge in [-0.1, -0.05) is 48.5 Å². The third-order valence-corrected chi connectivity index (χ3v) is 7.68. The summed E-state index contributed by atoms with van der Waals surface area (Å²) in [6.07, 6.45) is 5.49. The molecule has 6 nitrogen and oxygen atoms in total. The number of benzene rings is 2. The van der Waals surface area contributed by atoms with Gasteiger partial charge in [-0.05, 0) is 61.4 Å². The lowest BCUT2D eigenvalue weighted by molar-refractivity contribution is -0.131. The number of ether oxygens (including phenoxy) is 2. The van der Waals surface area contributed by atoms with Gasteiger partial charge in [0.1, 0.15) is 12.4 Å². The second-order valence-corrected chi connectivity index (χ2v) is 9.86. The second kappa shape index (κ2) is 11.1. The van der Waals surface area contributed by atoms with E-state index >= 15 is 0 Å². The summed E-state index contributed by atoms with van der Waals surface area (Å²) in [6.45, 7) is 8.46. The maximum Gasteiger partial charge on any atom is 0.410 e. The van der Waals surface area contributed by atoms with Crippen molar-refractivity contribution in [1.82, 2.24) is 9.80 Å². The van der Waals surface area contributed by atoms with Gasteiger partial charge < -0.3 is 14.4 Å². The summed E-state index contributed by atoms with van der Waals surface area (Å²) in [5, 5.41) is 0. The lowest BCUT2D eigenvalue weighted by Gasteiger charge is -2.54. The fourth-order valence-electron chi connectivity index (χ4n) is 5.87. The summed E-state index contributed by atoms with van der Waals surface area (Å²) in [4.78, 5) is 28.8. The third kappa shape index (κ3) is 5.76. The van der Waals surface area contributed by atoms with Crippen LogP contribution in [0.3, 0.4) is 0 Å². The minimum Gasteiger partial charge on any atom is -0.445 e. The van der Waals surface area contributed by atoms with Gasteiger partial charge >= 0.3 is 12.1 Å². The second-order valence-electron chi connectivity index (χ2n) is 9.86. The fourth-order valence-corrected chi connectivity index (χ4v) is 5.87. The van der Waals surface area contributed by atoms with Crippen LogP contribution in [-0.4, -0.2) is 54.6 Å². The van der Waals surface area contributed by atoms with Crippen molar-refractivity contribution in [2.45, 2.75) is 50.7 Å². The highest BCUT2D eigenvalue weighted by atomic mass is 16.6. The summed E-state index contributed by atoms with van der Waals surface area (Å²) >= 11 is 0. The summed E-state index contributed by atoms with van der Waals surface area (Å²) in [5.41, 5.74) is 2.08. The molecule has 2 fully saturated rings. The van der Waals surface area contributed by atoms with E-state index in [9.17, 15) is 9.59 Å². The number of piperidine rings is 1. The Morgan fingerprint density at radius 1 is 1.17 bits per heavy atom. The molecule has 186 valence electrons. The molecule has 2 aromatic carbocycles. The zero-order valence-electron chi connectivity index (χ0n) is 20.8. The minimum atomic E-state index is -0.320. The number of hydrogen-bond acceptors (Lipinski definition) is 5. The number of carbonyl (C=O) groups is 2. The van der Waals surface area contributed by atoms with E-state index in [1.807, 2.05) is 61.7 Å². The van der Waals surface area contributed by atoms with Crippen molar-refractivity contribution >= 4 is 12.1 Å². The first-order valence-corrected chi connectivity index (χ1v) is 12.5. The number of rotatable bonds is 7. The normalized spacial score (nSPS) is 24.2. The molecule has 1 heterocycles. The van der Waals surface area contributed by atoms with Gasteiger partial charge in [0.25, 0.3) is 0 Å². The van der Waals surface area contributed by atoms with E-state index < -0.39 is 0 Å². The largest absolute Gasteiger partial charge is 0.445 e. The quantitative estimate of drug-likeness (QED) is 0.313. The maximum absolute atomic E-state index is 13.0. The van der Waals surface area contributed by atoms with Gasteiger partial charge in [0.15, 0.2) is 0 Å². The van der Waals surface area contributed by atoms with Gasteiger partial charge in [-0.2, -0.15) is 0 Å². The molecule has 2 aliphatic rings. The van der Waals surface area contributed by atoms with Crippen molar-refractivity contribution in [3.8, 4) is 5.75 Å². The highest BCUT2D eigenvalue weighted by Gasteiger charge is 2.49. The highest BCUT2D eigenvalue weighted by molar-refractivity contribution is 5.69. The van der Waals surface area contributed by atoms with E-state index in [-0.39, 0.29) is 30.1 Å². The van der Waals surface area contributed by atoms with Gasteiger partial charge in [0.05, 0.1) is 0 Å². The minimum absolute atomic E-state index is 0.0814. The number of amides is 1. The SMILES string of the molecule is C=CCN1CC[C@@]2(c3cccc(OC(C)=O)c3)C[C@@H](N(C)C(=O)OCc3ccccc3)CC[C@@H]2C1. The molecule has 1 aliphatic carbocycles. The van der Waals surface area contributed by atoms with Crippen molar-refractivity contribution in [2.24, 2.45) is 5.92 Å². The van der Waals surface area contributed by atoms with Crippen LogP contribution in [0.25, 0.3) is 0 Å². The molecule has 1 aliphatic heterocycles. The van der Waals surface area contributed by atoms with Crippen LogP contribution in [0.2, 0.25) is 0 Å². The average molecular weight is 477 g/mol. The van der Waals surface area contributed by atoms with Gasteiger partial charge in [-0.15, -0.1) is 6.58 Å². The molecule has 0 radical (unpaired) electrons. The van der Waals surface area contributed by atoms with Crippen LogP contribution < -0.4 is 4.74 Å². The number of fused-ring (bicyclic) bond motifs is 1. The van der Waals surface area contributed by atoms with E-state index in [1.165, 1.54) is 12.5 Å². The van der Waals surface area contributed by atoms with E-state index in [0.29, 0.717) is 11.7 Å². The van der Waals surface area contributed by atoms with E-state index in [2.05, 4.69) is 17.5 Å². The maximum atomic E-state index is 13.0. The van der Waals surface area contributed by atoms with Crippen LogP contribution in [-0.2, 0) is 21.6 Å². The first-order chi connectivity index (χ1) is 16.9. The number of likely N-dealkylation sites (tertiary alicyclic amines) is 1. The van der Waals surface area contributed by atoms with Crippen LogP contribution in [0.15, 0.2) is 67.3 Å². The number of hydrogen-bond donors (Lipinski definition) is 0. The Hall–Kier alpha value is -3.12. The van der Waals surface area contributed by atoms with E-state index in [1.54, 1.807) is 4.90 Å². The number of carbonyl (C=O) groups excluding carboxylic acids is 2. The lowest BCUT2D eigenvalue weighted by Crippen LogP contribution is -2.56. The molecule has 0 N–H and O–H groups in total. The Kier molecular flexibility index (Phi) is 7.91. The fraction of sp³-hybridized carbons (Fsp3) is 0.448. The molecule has 1 saturated carbocycles. The van der Waals surface area contributed by atoms with Crippen molar-refractivity contribution < 1.29 is 19.1 Å². The molecule has 3 atom stereocenters. The number of esters is 1. The Bertz CT molecular complexity index is 1040. The average Bonchev–Trinajstić information content (AvgIpc) is 2.87. The van der Waals surface area contributed by atoms with Crippen molar-refractivity contribution in [2.75, 3.05) is 26.7 Å².